The number of anilines is 1. The fourth-order valence-corrected chi connectivity index (χ4v) is 3.66. The summed E-state index contributed by atoms with van der Waals surface area (Å²) in [6, 6.07) is 22.9. The molecule has 0 saturated heterocycles. The van der Waals surface area contributed by atoms with Crippen LogP contribution in [0.3, 0.4) is 0 Å². The van der Waals surface area contributed by atoms with Gasteiger partial charge in [-0.2, -0.15) is 0 Å². The van der Waals surface area contributed by atoms with Gasteiger partial charge in [0.15, 0.2) is 6.61 Å². The predicted molar refractivity (Wildman–Crippen MR) is 132 cm³/mol. The Morgan fingerprint density at radius 1 is 0.914 bits per heavy atom. The molecule has 8 nitrogen and oxygen atoms in total. The molecule has 0 fully saturated rings. The van der Waals surface area contributed by atoms with E-state index in [0.717, 1.165) is 16.5 Å². The molecule has 3 N–H and O–H groups in total. The lowest BCUT2D eigenvalue weighted by Crippen LogP contribution is -2.43. The van der Waals surface area contributed by atoms with Crippen molar-refractivity contribution in [3.63, 3.8) is 0 Å². The fraction of sp³-hybridized carbons (Fsp3) is 0.148. The SMILES string of the molecule is CC(=O)N[C@@H](Cc1c[nH]c2ccccc12)C(=O)OCC(=O)Nc1cccc(Oc2ccccc2)c1. The number of benzene rings is 3. The van der Waals surface area contributed by atoms with Gasteiger partial charge in [-0.05, 0) is 35.9 Å². The third-order valence-electron chi connectivity index (χ3n) is 5.20. The number of H-pyrrole nitrogens is 1. The van der Waals surface area contributed by atoms with Crippen LogP contribution in [0.4, 0.5) is 5.69 Å². The Morgan fingerprint density at radius 2 is 1.66 bits per heavy atom. The molecule has 2 amide bonds. The van der Waals surface area contributed by atoms with E-state index in [0.29, 0.717) is 17.2 Å². The van der Waals surface area contributed by atoms with Crippen LogP contribution in [0.15, 0.2) is 85.1 Å². The topological polar surface area (TPSA) is 110 Å². The van der Waals surface area contributed by atoms with Gasteiger partial charge in [-0.25, -0.2) is 4.79 Å². The van der Waals surface area contributed by atoms with Gasteiger partial charge in [0.2, 0.25) is 5.91 Å². The van der Waals surface area contributed by atoms with Crippen LogP contribution in [0.25, 0.3) is 10.9 Å². The maximum absolute atomic E-state index is 12.7. The summed E-state index contributed by atoms with van der Waals surface area (Å²) in [5.74, 6) is -0.350. The number of hydrogen-bond acceptors (Lipinski definition) is 5. The van der Waals surface area contributed by atoms with E-state index < -0.39 is 24.5 Å². The summed E-state index contributed by atoms with van der Waals surface area (Å²) < 4.78 is 11.0. The van der Waals surface area contributed by atoms with Crippen LogP contribution in [0, 0.1) is 0 Å². The second-order valence-corrected chi connectivity index (χ2v) is 7.92. The molecule has 1 heterocycles. The first kappa shape index (κ1) is 23.6. The third-order valence-corrected chi connectivity index (χ3v) is 5.20. The van der Waals surface area contributed by atoms with E-state index >= 15 is 0 Å². The molecule has 8 heteroatoms. The Balaban J connectivity index is 1.34. The summed E-state index contributed by atoms with van der Waals surface area (Å²) in [6.45, 7) is 0.833. The monoisotopic (exact) mass is 471 g/mol. The zero-order valence-electron chi connectivity index (χ0n) is 19.1. The first-order valence-corrected chi connectivity index (χ1v) is 11.1. The minimum Gasteiger partial charge on any atom is -0.457 e. The van der Waals surface area contributed by atoms with Crippen molar-refractivity contribution in [2.45, 2.75) is 19.4 Å². The molecule has 35 heavy (non-hydrogen) atoms. The molecule has 0 bridgehead atoms. The van der Waals surface area contributed by atoms with E-state index in [2.05, 4.69) is 15.6 Å². The van der Waals surface area contributed by atoms with Crippen molar-refractivity contribution in [1.82, 2.24) is 10.3 Å². The summed E-state index contributed by atoms with van der Waals surface area (Å²) in [5, 5.41) is 6.25. The van der Waals surface area contributed by atoms with Gasteiger partial charge in [0, 0.05) is 42.2 Å². The third kappa shape index (κ3) is 6.48. The van der Waals surface area contributed by atoms with Crippen molar-refractivity contribution >= 4 is 34.4 Å². The zero-order valence-corrected chi connectivity index (χ0v) is 19.1. The summed E-state index contributed by atoms with van der Waals surface area (Å²) in [7, 11) is 0. The second-order valence-electron chi connectivity index (χ2n) is 7.92. The highest BCUT2D eigenvalue weighted by atomic mass is 16.5. The number of carbonyl (C=O) groups excluding carboxylic acids is 3. The maximum Gasteiger partial charge on any atom is 0.329 e. The number of rotatable bonds is 9. The van der Waals surface area contributed by atoms with Gasteiger partial charge >= 0.3 is 5.97 Å². The van der Waals surface area contributed by atoms with Gasteiger partial charge in [-0.15, -0.1) is 0 Å². The van der Waals surface area contributed by atoms with E-state index in [9.17, 15) is 14.4 Å². The van der Waals surface area contributed by atoms with Crippen LogP contribution in [0.2, 0.25) is 0 Å². The summed E-state index contributed by atoms with van der Waals surface area (Å²) >= 11 is 0. The quantitative estimate of drug-likeness (QED) is 0.317. The lowest BCUT2D eigenvalue weighted by Gasteiger charge is -2.16. The Morgan fingerprint density at radius 3 is 2.46 bits per heavy atom. The molecule has 0 aliphatic heterocycles. The molecule has 1 aromatic heterocycles. The standard InChI is InChI=1S/C27H25N3O5/c1-18(31)29-25(14-19-16-28-24-13-6-5-12-23(19)24)27(33)34-17-26(32)30-20-8-7-11-22(15-20)35-21-9-3-2-4-10-21/h2-13,15-16,25,28H,14,17H2,1H3,(H,29,31)(H,30,32)/t25-/m0/s1. The van der Waals surface area contributed by atoms with Crippen molar-refractivity contribution < 1.29 is 23.9 Å². The maximum atomic E-state index is 12.7. The molecular formula is C27H25N3O5. The molecule has 0 spiro atoms. The summed E-state index contributed by atoms with van der Waals surface area (Å²) in [6.07, 6.45) is 2.02. The molecule has 4 rings (SSSR count). The highest BCUT2D eigenvalue weighted by molar-refractivity contribution is 5.94. The van der Waals surface area contributed by atoms with E-state index in [4.69, 9.17) is 9.47 Å². The van der Waals surface area contributed by atoms with E-state index in [1.165, 1.54) is 6.92 Å². The summed E-state index contributed by atoms with van der Waals surface area (Å²) in [5.41, 5.74) is 2.28. The van der Waals surface area contributed by atoms with Gasteiger partial charge in [0.25, 0.3) is 5.91 Å². The van der Waals surface area contributed by atoms with Crippen molar-refractivity contribution in [2.24, 2.45) is 0 Å². The molecule has 0 unspecified atom stereocenters. The van der Waals surface area contributed by atoms with Crippen molar-refractivity contribution in [2.75, 3.05) is 11.9 Å². The normalized spacial score (nSPS) is 11.5. The number of carbonyl (C=O) groups is 3. The molecule has 178 valence electrons. The largest absolute Gasteiger partial charge is 0.457 e. The minimum absolute atomic E-state index is 0.225. The smallest absolute Gasteiger partial charge is 0.329 e. The number of fused-ring (bicyclic) bond motifs is 1. The predicted octanol–water partition coefficient (Wildman–Crippen LogP) is 4.19. The number of amides is 2. The van der Waals surface area contributed by atoms with Crippen LogP contribution in [0.5, 0.6) is 11.5 Å². The highest BCUT2D eigenvalue weighted by Crippen LogP contribution is 2.24. The minimum atomic E-state index is -0.929. The molecule has 0 saturated carbocycles. The lowest BCUT2D eigenvalue weighted by atomic mass is 10.0. The second kappa shape index (κ2) is 11.0. The Labute approximate surface area is 202 Å². The van der Waals surface area contributed by atoms with Gasteiger partial charge in [-0.1, -0.05) is 42.5 Å². The number of nitrogens with one attached hydrogen (secondary N) is 3. The van der Waals surface area contributed by atoms with Crippen LogP contribution < -0.4 is 15.4 Å². The molecular weight excluding hydrogens is 446 g/mol. The lowest BCUT2D eigenvalue weighted by molar-refractivity contribution is -0.150. The van der Waals surface area contributed by atoms with Crippen LogP contribution >= 0.6 is 0 Å². The highest BCUT2D eigenvalue weighted by Gasteiger charge is 2.23. The van der Waals surface area contributed by atoms with E-state index in [-0.39, 0.29) is 12.3 Å². The Kier molecular flexibility index (Phi) is 7.42. The average molecular weight is 472 g/mol. The summed E-state index contributed by atoms with van der Waals surface area (Å²) in [4.78, 5) is 39.9. The number of hydrogen-bond donors (Lipinski definition) is 3. The average Bonchev–Trinajstić information content (AvgIpc) is 3.25. The Hall–Kier alpha value is -4.59. The van der Waals surface area contributed by atoms with Gasteiger partial charge < -0.3 is 25.1 Å². The van der Waals surface area contributed by atoms with Crippen molar-refractivity contribution in [3.8, 4) is 11.5 Å². The first-order valence-electron chi connectivity index (χ1n) is 11.1. The van der Waals surface area contributed by atoms with Crippen LogP contribution in [0.1, 0.15) is 12.5 Å². The molecule has 1 atom stereocenters. The van der Waals surface area contributed by atoms with Crippen LogP contribution in [-0.4, -0.2) is 35.4 Å². The molecule has 0 aliphatic carbocycles. The van der Waals surface area contributed by atoms with Crippen LogP contribution in [-0.2, 0) is 25.5 Å². The Bertz CT molecular complexity index is 1330. The number of ether oxygens (including phenoxy) is 2. The van der Waals surface area contributed by atoms with E-state index in [1.54, 1.807) is 30.5 Å². The van der Waals surface area contributed by atoms with E-state index in [1.807, 2.05) is 54.6 Å². The van der Waals surface area contributed by atoms with Gasteiger partial charge in [-0.3, -0.25) is 9.59 Å². The van der Waals surface area contributed by atoms with Gasteiger partial charge in [0.1, 0.15) is 17.5 Å². The number of aromatic nitrogens is 1. The zero-order chi connectivity index (χ0) is 24.6. The molecule has 0 aliphatic rings. The number of para-hydroxylation sites is 2. The van der Waals surface area contributed by atoms with Crippen molar-refractivity contribution in [3.05, 3.63) is 90.6 Å². The van der Waals surface area contributed by atoms with Gasteiger partial charge in [0.05, 0.1) is 0 Å². The molecule has 3 aromatic carbocycles. The number of esters is 1. The molecule has 0 radical (unpaired) electrons. The molecule has 4 aromatic rings. The fourth-order valence-electron chi connectivity index (χ4n) is 3.66. The first-order chi connectivity index (χ1) is 17.0. The number of aromatic amines is 1. The van der Waals surface area contributed by atoms with Crippen molar-refractivity contribution in [1.29, 1.82) is 0 Å².